The van der Waals surface area contributed by atoms with Gasteiger partial charge in [-0.15, -0.1) is 0 Å². The van der Waals surface area contributed by atoms with Crippen molar-refractivity contribution in [3.8, 4) is 0 Å². The highest BCUT2D eigenvalue weighted by molar-refractivity contribution is 5.79. The molecule has 0 rings (SSSR count). The number of amides is 2. The molecule has 0 aromatic carbocycles. The van der Waals surface area contributed by atoms with Crippen LogP contribution >= 0.6 is 0 Å². The number of ether oxygens (including phenoxy) is 8. The van der Waals surface area contributed by atoms with E-state index in [1.54, 1.807) is 48.5 Å². The van der Waals surface area contributed by atoms with E-state index in [0.29, 0.717) is 72.6 Å². The lowest BCUT2D eigenvalue weighted by molar-refractivity contribution is -0.150. The molecule has 0 radical (unpaired) electrons. The molecule has 0 aliphatic rings. The minimum atomic E-state index is -0.999. The van der Waals surface area contributed by atoms with Crippen LogP contribution in [0.1, 0.15) is 62.3 Å². The lowest BCUT2D eigenvalue weighted by Gasteiger charge is -2.19. The zero-order valence-corrected chi connectivity index (χ0v) is 28.0. The third kappa shape index (κ3) is 33.9. The van der Waals surface area contributed by atoms with E-state index in [1.807, 2.05) is 0 Å². The van der Waals surface area contributed by atoms with Crippen LogP contribution in [0.15, 0.2) is 0 Å². The molecule has 2 amide bonds. The van der Waals surface area contributed by atoms with E-state index in [-0.39, 0.29) is 12.4 Å². The van der Waals surface area contributed by atoms with Gasteiger partial charge < -0.3 is 53.6 Å². The summed E-state index contributed by atoms with van der Waals surface area (Å²) in [5.41, 5.74) is -1.01. The molecule has 0 saturated heterocycles. The Morgan fingerprint density at radius 1 is 0.568 bits per heavy atom. The first-order valence-corrected chi connectivity index (χ1v) is 14.7. The highest BCUT2D eigenvalue weighted by Gasteiger charge is 2.16. The number of alkyl carbamates (subject to hydrolysis) is 2. The molecule has 0 saturated carbocycles. The smallest absolute Gasteiger partial charge is 0.407 e. The van der Waals surface area contributed by atoms with E-state index >= 15 is 0 Å². The van der Waals surface area contributed by atoms with Gasteiger partial charge in [-0.25, -0.2) is 14.4 Å². The number of carbonyl (C=O) groups excluding carboxylic acids is 3. The van der Waals surface area contributed by atoms with Crippen LogP contribution in [0.5, 0.6) is 0 Å². The van der Waals surface area contributed by atoms with Gasteiger partial charge in [-0.1, -0.05) is 0 Å². The summed E-state index contributed by atoms with van der Waals surface area (Å²) in [6.07, 6.45) is -2.15. The van der Waals surface area contributed by atoms with Gasteiger partial charge in [0, 0.05) is 13.1 Å². The maximum atomic E-state index is 11.3. The fraction of sp³-hybridized carbons (Fsp3) is 0.862. The topological polar surface area (TPSA) is 186 Å². The van der Waals surface area contributed by atoms with Crippen LogP contribution in [0.4, 0.5) is 9.59 Å². The van der Waals surface area contributed by atoms with Crippen LogP contribution in [0.3, 0.4) is 0 Å². The SMILES string of the molecule is CC(=O)[C@H](C)OCCOCCOCCNC(=O)OC(C)(C)C.C[C@H](OCCOCCOCCNC(=O)OC(C)(C)C)C(=O)O. The van der Waals surface area contributed by atoms with Gasteiger partial charge in [0.25, 0.3) is 0 Å². The Balaban J connectivity index is 0. The number of rotatable bonds is 22. The van der Waals surface area contributed by atoms with Crippen LogP contribution in [-0.2, 0) is 47.5 Å². The second-order valence-electron chi connectivity index (χ2n) is 11.3. The first-order chi connectivity index (χ1) is 20.4. The summed E-state index contributed by atoms with van der Waals surface area (Å²) in [4.78, 5) is 44.0. The van der Waals surface area contributed by atoms with E-state index in [1.165, 1.54) is 13.8 Å². The Bertz CT molecular complexity index is 718. The van der Waals surface area contributed by atoms with Gasteiger partial charge in [0.2, 0.25) is 0 Å². The Hall–Kier alpha value is -2.56. The first-order valence-electron chi connectivity index (χ1n) is 14.7. The molecule has 0 aliphatic heterocycles. The molecule has 0 spiro atoms. The quantitative estimate of drug-likeness (QED) is 0.147. The molecule has 0 heterocycles. The molecular formula is C29H56N2O13. The molecule has 15 nitrogen and oxygen atoms in total. The van der Waals surface area contributed by atoms with Crippen LogP contribution < -0.4 is 10.6 Å². The number of nitrogens with one attached hydrogen (secondary N) is 2. The van der Waals surface area contributed by atoms with Crippen molar-refractivity contribution >= 4 is 23.9 Å². The molecule has 44 heavy (non-hydrogen) atoms. The van der Waals surface area contributed by atoms with Gasteiger partial charge in [0.05, 0.1) is 66.1 Å². The van der Waals surface area contributed by atoms with Crippen LogP contribution in [0, 0.1) is 0 Å². The van der Waals surface area contributed by atoms with Crippen molar-refractivity contribution in [3.63, 3.8) is 0 Å². The van der Waals surface area contributed by atoms with E-state index in [2.05, 4.69) is 10.6 Å². The van der Waals surface area contributed by atoms with Crippen molar-refractivity contribution in [2.24, 2.45) is 0 Å². The maximum Gasteiger partial charge on any atom is 0.407 e. The standard InChI is InChI=1S/C15H29NO6.C14H27NO7/c1-12(17)13(2)21-11-10-20-9-8-19-7-6-16-14(18)22-15(3,4)5;1-11(12(16)17)21-10-9-20-8-7-19-6-5-15-13(18)22-14(2,3)4/h13H,6-11H2,1-5H3,(H,16,18);11H,5-10H2,1-4H3,(H,15,18)(H,16,17)/t13-;11-/m00/s1. The minimum absolute atomic E-state index is 0.000760. The van der Waals surface area contributed by atoms with Crippen molar-refractivity contribution in [1.82, 2.24) is 10.6 Å². The third-order valence-corrected chi connectivity index (χ3v) is 4.68. The van der Waals surface area contributed by atoms with E-state index < -0.39 is 41.6 Å². The van der Waals surface area contributed by atoms with Crippen molar-refractivity contribution in [3.05, 3.63) is 0 Å². The number of hydrogen-bond donors (Lipinski definition) is 3. The molecule has 0 unspecified atom stereocenters. The average Bonchev–Trinajstić information content (AvgIpc) is 2.88. The number of Topliss-reactive ketones (excluding diaryl/α,β-unsaturated/α-hetero) is 1. The normalized spacial score (nSPS) is 12.8. The molecule has 0 fully saturated rings. The Labute approximate surface area is 261 Å². The van der Waals surface area contributed by atoms with Crippen molar-refractivity contribution in [1.29, 1.82) is 0 Å². The van der Waals surface area contributed by atoms with Gasteiger partial charge >= 0.3 is 18.2 Å². The summed E-state index contributed by atoms with van der Waals surface area (Å²) in [7, 11) is 0. The van der Waals surface area contributed by atoms with Gasteiger partial charge in [-0.05, 0) is 62.3 Å². The number of aliphatic carboxylic acids is 1. The largest absolute Gasteiger partial charge is 0.479 e. The zero-order chi connectivity index (χ0) is 34.0. The summed E-state index contributed by atoms with van der Waals surface area (Å²) in [6.45, 7) is 19.9. The Kier molecular flexibility index (Phi) is 25.5. The highest BCUT2D eigenvalue weighted by Crippen LogP contribution is 2.06. The second-order valence-corrected chi connectivity index (χ2v) is 11.3. The molecule has 0 aliphatic carbocycles. The summed E-state index contributed by atoms with van der Waals surface area (Å²) >= 11 is 0. The fourth-order valence-electron chi connectivity index (χ4n) is 2.48. The molecular weight excluding hydrogens is 584 g/mol. The van der Waals surface area contributed by atoms with Gasteiger partial charge in [0.15, 0.2) is 11.9 Å². The minimum Gasteiger partial charge on any atom is -0.479 e. The van der Waals surface area contributed by atoms with Crippen LogP contribution in [0.25, 0.3) is 0 Å². The zero-order valence-electron chi connectivity index (χ0n) is 28.0. The molecule has 15 heteroatoms. The van der Waals surface area contributed by atoms with E-state index in [0.717, 1.165) is 0 Å². The van der Waals surface area contributed by atoms with Gasteiger partial charge in [-0.3, -0.25) is 4.79 Å². The summed E-state index contributed by atoms with van der Waals surface area (Å²) in [5, 5.41) is 13.7. The molecule has 0 aromatic rings. The van der Waals surface area contributed by atoms with E-state index in [4.69, 9.17) is 43.0 Å². The Morgan fingerprint density at radius 3 is 1.20 bits per heavy atom. The van der Waals surface area contributed by atoms with Crippen molar-refractivity contribution < 1.29 is 62.2 Å². The number of carboxylic acids is 1. The summed E-state index contributed by atoms with van der Waals surface area (Å²) in [6, 6.07) is 0. The monoisotopic (exact) mass is 640 g/mol. The number of ketones is 1. The van der Waals surface area contributed by atoms with Crippen LogP contribution in [0.2, 0.25) is 0 Å². The first kappa shape index (κ1) is 43.6. The number of carboxylic acid groups (broad SMARTS) is 1. The van der Waals surface area contributed by atoms with Crippen molar-refractivity contribution in [2.45, 2.75) is 85.7 Å². The maximum absolute atomic E-state index is 11.3. The molecule has 2 atom stereocenters. The molecule has 0 bridgehead atoms. The predicted molar refractivity (Wildman–Crippen MR) is 161 cm³/mol. The number of carbonyl (C=O) groups is 4. The highest BCUT2D eigenvalue weighted by atomic mass is 16.6. The summed E-state index contributed by atoms with van der Waals surface area (Å²) < 4.78 is 41.4. The fourth-order valence-corrected chi connectivity index (χ4v) is 2.48. The lowest BCUT2D eigenvalue weighted by atomic mass is 10.2. The van der Waals surface area contributed by atoms with Crippen LogP contribution in [-0.4, -0.2) is 132 Å². The van der Waals surface area contributed by atoms with Crippen molar-refractivity contribution in [2.75, 3.05) is 79.2 Å². The molecule has 0 aromatic heterocycles. The predicted octanol–water partition coefficient (Wildman–Crippen LogP) is 2.57. The third-order valence-electron chi connectivity index (χ3n) is 4.68. The Morgan fingerprint density at radius 2 is 0.886 bits per heavy atom. The molecule has 260 valence electrons. The summed E-state index contributed by atoms with van der Waals surface area (Å²) in [5.74, 6) is -0.998. The lowest BCUT2D eigenvalue weighted by Crippen LogP contribution is -2.34. The van der Waals surface area contributed by atoms with Gasteiger partial charge in [-0.2, -0.15) is 0 Å². The van der Waals surface area contributed by atoms with E-state index in [9.17, 15) is 19.2 Å². The number of hydrogen-bond acceptors (Lipinski definition) is 12. The second kappa shape index (κ2) is 25.7. The average molecular weight is 641 g/mol. The molecule has 3 N–H and O–H groups in total. The van der Waals surface area contributed by atoms with Gasteiger partial charge in [0.1, 0.15) is 17.3 Å².